The van der Waals surface area contributed by atoms with Gasteiger partial charge in [0.05, 0.1) is 5.69 Å². The first kappa shape index (κ1) is 10.5. The van der Waals surface area contributed by atoms with Gasteiger partial charge in [0, 0.05) is 20.3 Å². The molecule has 1 heterocycles. The van der Waals surface area contributed by atoms with Crippen molar-refractivity contribution in [1.82, 2.24) is 4.98 Å². The van der Waals surface area contributed by atoms with Crippen LogP contribution < -0.4 is 9.64 Å². The fourth-order valence-electron chi connectivity index (χ4n) is 1.40. The maximum atomic E-state index is 5.72. The zero-order valence-corrected chi connectivity index (χ0v) is 9.42. The van der Waals surface area contributed by atoms with Crippen LogP contribution in [0.5, 0.6) is 11.6 Å². The fraction of sp³-hybridized carbons (Fsp3) is 0.154. The minimum atomic E-state index is 0.624. The normalized spacial score (nSPS) is 9.88. The molecule has 0 aliphatic heterocycles. The van der Waals surface area contributed by atoms with Crippen molar-refractivity contribution >= 4 is 5.69 Å². The van der Waals surface area contributed by atoms with E-state index in [1.54, 1.807) is 6.20 Å². The van der Waals surface area contributed by atoms with Crippen LogP contribution in [0.4, 0.5) is 5.69 Å². The highest BCUT2D eigenvalue weighted by Gasteiger charge is 2.06. The van der Waals surface area contributed by atoms with Crippen molar-refractivity contribution in [2.24, 2.45) is 0 Å². The molecule has 1 aromatic heterocycles. The summed E-state index contributed by atoms with van der Waals surface area (Å²) in [6, 6.07) is 13.5. The monoisotopic (exact) mass is 214 g/mol. The lowest BCUT2D eigenvalue weighted by Gasteiger charge is -2.15. The third-order valence-electron chi connectivity index (χ3n) is 2.19. The second kappa shape index (κ2) is 4.66. The van der Waals surface area contributed by atoms with E-state index >= 15 is 0 Å². The Morgan fingerprint density at radius 3 is 2.44 bits per heavy atom. The number of pyridine rings is 1. The van der Waals surface area contributed by atoms with Gasteiger partial charge < -0.3 is 9.64 Å². The molecule has 0 aliphatic rings. The van der Waals surface area contributed by atoms with Gasteiger partial charge in [-0.3, -0.25) is 0 Å². The van der Waals surface area contributed by atoms with Crippen LogP contribution in [0.25, 0.3) is 0 Å². The van der Waals surface area contributed by atoms with Crippen LogP contribution in [0.15, 0.2) is 48.7 Å². The van der Waals surface area contributed by atoms with Gasteiger partial charge >= 0.3 is 0 Å². The third kappa shape index (κ3) is 2.31. The number of hydrogen-bond donors (Lipinski definition) is 0. The molecule has 0 saturated heterocycles. The van der Waals surface area contributed by atoms with Gasteiger partial charge in [-0.2, -0.15) is 0 Å². The summed E-state index contributed by atoms with van der Waals surface area (Å²) < 4.78 is 5.72. The maximum absolute atomic E-state index is 5.72. The van der Waals surface area contributed by atoms with E-state index in [9.17, 15) is 0 Å². The lowest BCUT2D eigenvalue weighted by molar-refractivity contribution is 0.463. The van der Waals surface area contributed by atoms with Crippen molar-refractivity contribution in [2.45, 2.75) is 0 Å². The van der Waals surface area contributed by atoms with Crippen LogP contribution in [0.1, 0.15) is 0 Å². The lowest BCUT2D eigenvalue weighted by atomic mass is 10.3. The molecular formula is C13H14N2O. The summed E-state index contributed by atoms with van der Waals surface area (Å²) >= 11 is 0. The number of ether oxygens (including phenoxy) is 1. The van der Waals surface area contributed by atoms with E-state index in [0.717, 1.165) is 11.4 Å². The summed E-state index contributed by atoms with van der Waals surface area (Å²) in [7, 11) is 3.93. The molecule has 0 unspecified atom stereocenters. The number of anilines is 1. The topological polar surface area (TPSA) is 25.4 Å². The Kier molecular flexibility index (Phi) is 3.05. The number of benzene rings is 1. The number of hydrogen-bond acceptors (Lipinski definition) is 3. The van der Waals surface area contributed by atoms with Crippen LogP contribution in [-0.4, -0.2) is 19.1 Å². The van der Waals surface area contributed by atoms with Crippen molar-refractivity contribution in [3.8, 4) is 11.6 Å². The average molecular weight is 214 g/mol. The first-order valence-electron chi connectivity index (χ1n) is 5.12. The molecule has 0 bridgehead atoms. The second-order valence-corrected chi connectivity index (χ2v) is 3.64. The van der Waals surface area contributed by atoms with Crippen molar-refractivity contribution in [3.63, 3.8) is 0 Å². The molecule has 0 fully saturated rings. The van der Waals surface area contributed by atoms with E-state index in [4.69, 9.17) is 4.74 Å². The lowest BCUT2D eigenvalue weighted by Crippen LogP contribution is -2.10. The molecule has 0 aliphatic carbocycles. The summed E-state index contributed by atoms with van der Waals surface area (Å²) in [5.41, 5.74) is 0.964. The van der Waals surface area contributed by atoms with Gasteiger partial charge in [-0.1, -0.05) is 18.2 Å². The molecule has 3 heteroatoms. The fourth-order valence-corrected chi connectivity index (χ4v) is 1.40. The molecule has 2 aromatic rings. The molecule has 0 amide bonds. The molecule has 0 spiro atoms. The molecule has 0 atom stereocenters. The summed E-state index contributed by atoms with van der Waals surface area (Å²) in [4.78, 5) is 6.21. The van der Waals surface area contributed by atoms with Crippen molar-refractivity contribution in [3.05, 3.63) is 48.7 Å². The minimum Gasteiger partial charge on any atom is -0.437 e. The van der Waals surface area contributed by atoms with E-state index in [1.165, 1.54) is 0 Å². The van der Waals surface area contributed by atoms with Gasteiger partial charge in [-0.05, 0) is 24.3 Å². The minimum absolute atomic E-state index is 0.624. The molecule has 1 aromatic carbocycles. The first-order chi connectivity index (χ1) is 7.77. The molecule has 16 heavy (non-hydrogen) atoms. The Balaban J connectivity index is 2.28. The zero-order valence-electron chi connectivity index (χ0n) is 9.42. The van der Waals surface area contributed by atoms with Crippen LogP contribution in [0.3, 0.4) is 0 Å². The van der Waals surface area contributed by atoms with Gasteiger partial charge in [-0.15, -0.1) is 0 Å². The van der Waals surface area contributed by atoms with E-state index in [-0.39, 0.29) is 0 Å². The molecule has 3 nitrogen and oxygen atoms in total. The number of para-hydroxylation sites is 1. The summed E-state index contributed by atoms with van der Waals surface area (Å²) in [5.74, 6) is 1.42. The number of nitrogens with zero attached hydrogens (tertiary/aromatic N) is 2. The van der Waals surface area contributed by atoms with Crippen LogP contribution in [0.2, 0.25) is 0 Å². The number of rotatable bonds is 3. The van der Waals surface area contributed by atoms with Gasteiger partial charge in [0.25, 0.3) is 0 Å². The number of aromatic nitrogens is 1. The largest absolute Gasteiger partial charge is 0.437 e. The zero-order chi connectivity index (χ0) is 11.4. The van der Waals surface area contributed by atoms with Gasteiger partial charge in [-0.25, -0.2) is 4.98 Å². The van der Waals surface area contributed by atoms with Crippen molar-refractivity contribution in [2.75, 3.05) is 19.0 Å². The standard InChI is InChI=1S/C13H14N2O/c1-15(2)12-9-6-10-14-13(12)16-11-7-4-3-5-8-11/h3-10H,1-2H3. The van der Waals surface area contributed by atoms with Crippen LogP contribution >= 0.6 is 0 Å². The molecule has 0 saturated carbocycles. The Morgan fingerprint density at radius 1 is 1.00 bits per heavy atom. The van der Waals surface area contributed by atoms with Gasteiger partial charge in [0.15, 0.2) is 0 Å². The van der Waals surface area contributed by atoms with E-state index < -0.39 is 0 Å². The smallest absolute Gasteiger partial charge is 0.243 e. The molecule has 82 valence electrons. The Hall–Kier alpha value is -2.03. The molecular weight excluding hydrogens is 200 g/mol. The maximum Gasteiger partial charge on any atom is 0.243 e. The van der Waals surface area contributed by atoms with Crippen LogP contribution in [0, 0.1) is 0 Å². The van der Waals surface area contributed by atoms with Gasteiger partial charge in [0.1, 0.15) is 5.75 Å². The molecule has 2 rings (SSSR count). The van der Waals surface area contributed by atoms with Crippen molar-refractivity contribution < 1.29 is 4.74 Å². The first-order valence-corrected chi connectivity index (χ1v) is 5.12. The van der Waals surface area contributed by atoms with E-state index in [1.807, 2.05) is 61.5 Å². The van der Waals surface area contributed by atoms with Crippen molar-refractivity contribution in [1.29, 1.82) is 0 Å². The highest BCUT2D eigenvalue weighted by molar-refractivity contribution is 5.54. The highest BCUT2D eigenvalue weighted by Crippen LogP contribution is 2.27. The van der Waals surface area contributed by atoms with Crippen LogP contribution in [-0.2, 0) is 0 Å². The summed E-state index contributed by atoms with van der Waals surface area (Å²) in [5, 5.41) is 0. The Bertz CT molecular complexity index is 454. The Morgan fingerprint density at radius 2 is 1.75 bits per heavy atom. The van der Waals surface area contributed by atoms with E-state index in [2.05, 4.69) is 4.98 Å². The molecule has 0 radical (unpaired) electrons. The average Bonchev–Trinajstić information content (AvgIpc) is 2.31. The van der Waals surface area contributed by atoms with Gasteiger partial charge in [0.2, 0.25) is 5.88 Å². The Labute approximate surface area is 95.3 Å². The third-order valence-corrected chi connectivity index (χ3v) is 2.19. The van der Waals surface area contributed by atoms with E-state index in [0.29, 0.717) is 5.88 Å². The second-order valence-electron chi connectivity index (χ2n) is 3.64. The predicted octanol–water partition coefficient (Wildman–Crippen LogP) is 2.94. The summed E-state index contributed by atoms with van der Waals surface area (Å²) in [6.45, 7) is 0. The predicted molar refractivity (Wildman–Crippen MR) is 65.1 cm³/mol. The molecule has 0 N–H and O–H groups in total. The SMILES string of the molecule is CN(C)c1cccnc1Oc1ccccc1. The highest BCUT2D eigenvalue weighted by atomic mass is 16.5. The quantitative estimate of drug-likeness (QED) is 0.785. The summed E-state index contributed by atoms with van der Waals surface area (Å²) in [6.07, 6.45) is 1.73.